The third-order valence-corrected chi connectivity index (χ3v) is 6.64. The monoisotopic (exact) mass is 450 g/mol. The van der Waals surface area contributed by atoms with E-state index < -0.39 is 11.4 Å². The lowest BCUT2D eigenvalue weighted by atomic mass is 9.79. The van der Waals surface area contributed by atoms with E-state index in [-0.39, 0.29) is 18.0 Å². The van der Waals surface area contributed by atoms with Gasteiger partial charge >= 0.3 is 5.97 Å². The van der Waals surface area contributed by atoms with Gasteiger partial charge in [0.25, 0.3) is 0 Å². The maximum Gasteiger partial charge on any atom is 0.310 e. The highest BCUT2D eigenvalue weighted by Gasteiger charge is 2.44. The Kier molecular flexibility index (Phi) is 6.43. The van der Waals surface area contributed by atoms with Crippen molar-refractivity contribution in [1.82, 2.24) is 0 Å². The zero-order valence-electron chi connectivity index (χ0n) is 17.6. The van der Waals surface area contributed by atoms with Crippen LogP contribution in [0, 0.1) is 11.2 Å². The molecule has 0 aliphatic heterocycles. The van der Waals surface area contributed by atoms with E-state index in [1.807, 2.05) is 36.4 Å². The minimum Gasteiger partial charge on any atom is -0.481 e. The first-order chi connectivity index (χ1) is 15.3. The van der Waals surface area contributed by atoms with E-state index in [0.29, 0.717) is 37.1 Å². The number of carboxylic acids is 1. The molecule has 0 aromatic heterocycles. The van der Waals surface area contributed by atoms with E-state index in [4.69, 9.17) is 11.6 Å². The van der Waals surface area contributed by atoms with Gasteiger partial charge in [-0.1, -0.05) is 54.1 Å². The average molecular weight is 451 g/mol. The zero-order valence-corrected chi connectivity index (χ0v) is 18.4. The summed E-state index contributed by atoms with van der Waals surface area (Å²) in [5.41, 5.74) is 4.06. The predicted molar refractivity (Wildman–Crippen MR) is 123 cm³/mol. The molecule has 0 saturated heterocycles. The fourth-order valence-electron chi connectivity index (χ4n) is 4.45. The number of halogens is 2. The maximum absolute atomic E-state index is 13.0. The molecule has 3 aromatic carbocycles. The summed E-state index contributed by atoms with van der Waals surface area (Å²) in [4.78, 5) is 24.7. The molecule has 32 heavy (non-hydrogen) atoms. The summed E-state index contributed by atoms with van der Waals surface area (Å²) in [5, 5.41) is 10.7. The predicted octanol–water partition coefficient (Wildman–Crippen LogP) is 6.30. The summed E-state index contributed by atoms with van der Waals surface area (Å²) in [6.45, 7) is 0. The number of Topliss-reactive ketones (excluding diaryl/α,β-unsaturated/α-hetero) is 1. The number of aryl methyl sites for hydroxylation is 1. The Hall–Kier alpha value is -2.98. The quantitative estimate of drug-likeness (QED) is 0.438. The van der Waals surface area contributed by atoms with Crippen LogP contribution in [-0.4, -0.2) is 16.9 Å². The highest BCUT2D eigenvalue weighted by molar-refractivity contribution is 6.30. The minimum atomic E-state index is -0.952. The van der Waals surface area contributed by atoms with Gasteiger partial charge in [0.05, 0.1) is 5.41 Å². The highest BCUT2D eigenvalue weighted by atomic mass is 35.5. The van der Waals surface area contributed by atoms with Crippen molar-refractivity contribution in [1.29, 1.82) is 0 Å². The van der Waals surface area contributed by atoms with Crippen LogP contribution in [0.15, 0.2) is 66.7 Å². The molecule has 3 aromatic rings. The van der Waals surface area contributed by atoms with Gasteiger partial charge in [-0.3, -0.25) is 9.59 Å². The van der Waals surface area contributed by atoms with Gasteiger partial charge in [-0.25, -0.2) is 4.39 Å². The van der Waals surface area contributed by atoms with Crippen molar-refractivity contribution in [3.63, 3.8) is 0 Å². The Morgan fingerprint density at radius 3 is 2.22 bits per heavy atom. The zero-order chi connectivity index (χ0) is 22.7. The molecule has 1 unspecified atom stereocenters. The fourth-order valence-corrected chi connectivity index (χ4v) is 4.58. The van der Waals surface area contributed by atoms with E-state index in [1.54, 1.807) is 12.1 Å². The topological polar surface area (TPSA) is 54.4 Å². The number of benzene rings is 3. The average Bonchev–Trinajstić information content (AvgIpc) is 3.17. The van der Waals surface area contributed by atoms with Crippen LogP contribution in [0.25, 0.3) is 11.1 Å². The minimum absolute atomic E-state index is 0.0350. The molecule has 3 nitrogen and oxygen atoms in total. The number of rotatable bonds is 8. The number of fused-ring (bicyclic) bond motifs is 1. The number of hydrogen-bond donors (Lipinski definition) is 1. The van der Waals surface area contributed by atoms with Crippen LogP contribution in [0.2, 0.25) is 5.02 Å². The van der Waals surface area contributed by atoms with Crippen molar-refractivity contribution in [3.8, 4) is 11.1 Å². The molecule has 0 bridgehead atoms. The first kappa shape index (κ1) is 22.2. The second-order valence-electron chi connectivity index (χ2n) is 8.59. The van der Waals surface area contributed by atoms with Crippen LogP contribution in [0.1, 0.15) is 36.0 Å². The maximum atomic E-state index is 13.0. The molecule has 1 aliphatic carbocycles. The third-order valence-electron chi connectivity index (χ3n) is 6.38. The molecule has 0 heterocycles. The highest BCUT2D eigenvalue weighted by Crippen LogP contribution is 2.42. The Bertz CT molecular complexity index is 1140. The van der Waals surface area contributed by atoms with Crippen molar-refractivity contribution < 1.29 is 19.1 Å². The normalized spacial score (nSPS) is 17.2. The number of carbonyl (C=O) groups is 2. The Morgan fingerprint density at radius 2 is 1.53 bits per heavy atom. The van der Waals surface area contributed by atoms with E-state index in [0.717, 1.165) is 27.8 Å². The standard InChI is InChI=1S/C27H24ClFO3/c28-23-8-6-19(7-9-23)20-4-5-21-16-27(26(31)32,17-22(21)15-20)14-13-25(30)12-3-18-1-10-24(29)11-2-18/h1-2,4-11,15H,3,12-14,16-17H2,(H,31,32). The van der Waals surface area contributed by atoms with Crippen molar-refractivity contribution in [2.75, 3.05) is 0 Å². The number of aliphatic carboxylic acids is 1. The Morgan fingerprint density at radius 1 is 0.875 bits per heavy atom. The van der Waals surface area contributed by atoms with Crippen LogP contribution < -0.4 is 0 Å². The summed E-state index contributed by atoms with van der Waals surface area (Å²) >= 11 is 5.98. The van der Waals surface area contributed by atoms with Gasteiger partial charge in [0.1, 0.15) is 11.6 Å². The van der Waals surface area contributed by atoms with Crippen LogP contribution in [0.3, 0.4) is 0 Å². The van der Waals surface area contributed by atoms with Crippen molar-refractivity contribution in [2.24, 2.45) is 5.41 Å². The molecule has 0 amide bonds. The number of hydrogen-bond acceptors (Lipinski definition) is 2. The molecule has 164 valence electrons. The molecule has 1 N–H and O–H groups in total. The lowest BCUT2D eigenvalue weighted by Crippen LogP contribution is -2.32. The van der Waals surface area contributed by atoms with Gasteiger partial charge in [0.15, 0.2) is 0 Å². The molecule has 0 radical (unpaired) electrons. The van der Waals surface area contributed by atoms with Gasteiger partial charge in [-0.15, -0.1) is 0 Å². The van der Waals surface area contributed by atoms with Crippen LogP contribution in [0.5, 0.6) is 0 Å². The Labute approximate surface area is 191 Å². The summed E-state index contributed by atoms with van der Waals surface area (Å²) in [6, 6.07) is 19.7. The van der Waals surface area contributed by atoms with Crippen LogP contribution in [0.4, 0.5) is 4.39 Å². The fraction of sp³-hybridized carbons (Fsp3) is 0.259. The van der Waals surface area contributed by atoms with E-state index in [1.165, 1.54) is 12.1 Å². The van der Waals surface area contributed by atoms with Crippen molar-refractivity contribution >= 4 is 23.4 Å². The number of carboxylic acid groups (broad SMARTS) is 1. The molecule has 1 aliphatic rings. The van der Waals surface area contributed by atoms with Gasteiger partial charge in [-0.2, -0.15) is 0 Å². The van der Waals surface area contributed by atoms with Crippen molar-refractivity contribution in [3.05, 3.63) is 94.3 Å². The van der Waals surface area contributed by atoms with Crippen LogP contribution in [-0.2, 0) is 28.9 Å². The summed E-state index contributed by atoms with van der Waals surface area (Å²) < 4.78 is 13.0. The molecular weight excluding hydrogens is 427 g/mol. The molecule has 5 heteroatoms. The van der Waals surface area contributed by atoms with E-state index in [9.17, 15) is 19.1 Å². The molecule has 1 atom stereocenters. The van der Waals surface area contributed by atoms with E-state index >= 15 is 0 Å². The summed E-state index contributed by atoms with van der Waals surface area (Å²) in [6.07, 6.45) is 2.26. The summed E-state index contributed by atoms with van der Waals surface area (Å²) in [7, 11) is 0. The first-order valence-corrected chi connectivity index (χ1v) is 11.1. The summed E-state index contributed by atoms with van der Waals surface area (Å²) in [5.74, 6) is -1.12. The largest absolute Gasteiger partial charge is 0.481 e. The molecule has 0 fully saturated rings. The van der Waals surface area contributed by atoms with Crippen molar-refractivity contribution in [2.45, 2.75) is 38.5 Å². The third kappa shape index (κ3) is 4.91. The number of ketones is 1. The SMILES string of the molecule is O=C(CCc1ccc(F)cc1)CCC1(C(=O)O)Cc2ccc(-c3ccc(Cl)cc3)cc2C1. The lowest BCUT2D eigenvalue weighted by Gasteiger charge is -2.23. The molecule has 0 spiro atoms. The molecular formula is C27H24ClFO3. The molecule has 4 rings (SSSR count). The smallest absolute Gasteiger partial charge is 0.310 e. The second kappa shape index (κ2) is 9.25. The van der Waals surface area contributed by atoms with E-state index in [2.05, 4.69) is 6.07 Å². The van der Waals surface area contributed by atoms with Crippen LogP contribution >= 0.6 is 11.6 Å². The molecule has 0 saturated carbocycles. The van der Waals surface area contributed by atoms with Gasteiger partial charge < -0.3 is 5.11 Å². The Balaban J connectivity index is 1.41. The van der Waals surface area contributed by atoms with Gasteiger partial charge in [0.2, 0.25) is 0 Å². The second-order valence-corrected chi connectivity index (χ2v) is 9.03. The van der Waals surface area contributed by atoms with Gasteiger partial charge in [-0.05, 0) is 77.8 Å². The number of carbonyl (C=O) groups excluding carboxylic acids is 1. The lowest BCUT2D eigenvalue weighted by molar-refractivity contribution is -0.149. The first-order valence-electron chi connectivity index (χ1n) is 10.7. The van der Waals surface area contributed by atoms with Gasteiger partial charge in [0, 0.05) is 17.9 Å².